The van der Waals surface area contributed by atoms with E-state index in [1.807, 2.05) is 0 Å². The number of nitrogens with one attached hydrogen (secondary N) is 1. The molecule has 1 fully saturated rings. The number of carboxylic acid groups (broad SMARTS) is 1. The fourth-order valence-electron chi connectivity index (χ4n) is 2.49. The number of likely N-dealkylation sites (tertiary alicyclic amines) is 1. The van der Waals surface area contributed by atoms with Gasteiger partial charge in [-0.15, -0.1) is 0 Å². The summed E-state index contributed by atoms with van der Waals surface area (Å²) in [5.74, 6) is -2.29. The third-order valence-corrected chi connectivity index (χ3v) is 3.55. The summed E-state index contributed by atoms with van der Waals surface area (Å²) in [4.78, 5) is 36.0. The highest BCUT2D eigenvalue weighted by Crippen LogP contribution is 2.17. The zero-order valence-electron chi connectivity index (χ0n) is 11.9. The largest absolute Gasteiger partial charge is 0.480 e. The minimum Gasteiger partial charge on any atom is -0.480 e. The summed E-state index contributed by atoms with van der Waals surface area (Å²) in [7, 11) is 0. The molecule has 1 atom stereocenters. The van der Waals surface area contributed by atoms with Crippen LogP contribution < -0.4 is 5.32 Å². The van der Waals surface area contributed by atoms with Crippen LogP contribution in [0.3, 0.4) is 0 Å². The molecule has 2 amide bonds. The number of hydrogen-bond donors (Lipinski definition) is 2. The summed E-state index contributed by atoms with van der Waals surface area (Å²) in [6.07, 6.45) is 1.03. The highest BCUT2D eigenvalue weighted by atomic mass is 19.1. The van der Waals surface area contributed by atoms with E-state index >= 15 is 0 Å². The van der Waals surface area contributed by atoms with E-state index in [9.17, 15) is 18.8 Å². The Balaban J connectivity index is 1.83. The summed E-state index contributed by atoms with van der Waals surface area (Å²) in [6, 6.07) is 4.84. The molecule has 2 N–H and O–H groups in total. The van der Waals surface area contributed by atoms with E-state index in [1.165, 1.54) is 23.1 Å². The van der Waals surface area contributed by atoms with Crippen molar-refractivity contribution in [2.75, 3.05) is 13.1 Å². The van der Waals surface area contributed by atoms with Crippen LogP contribution in [0.5, 0.6) is 0 Å². The van der Waals surface area contributed by atoms with Crippen molar-refractivity contribution in [1.29, 1.82) is 0 Å². The first-order chi connectivity index (χ1) is 10.5. The molecule has 0 saturated carbocycles. The summed E-state index contributed by atoms with van der Waals surface area (Å²) >= 11 is 0. The fraction of sp³-hybridized carbons (Fsp3) is 0.400. The van der Waals surface area contributed by atoms with Crippen molar-refractivity contribution >= 4 is 17.8 Å². The fourth-order valence-corrected chi connectivity index (χ4v) is 2.49. The molecule has 1 saturated heterocycles. The van der Waals surface area contributed by atoms with Crippen LogP contribution in [0.15, 0.2) is 24.3 Å². The van der Waals surface area contributed by atoms with Crippen LogP contribution in [-0.4, -0.2) is 46.9 Å². The van der Waals surface area contributed by atoms with Gasteiger partial charge >= 0.3 is 5.97 Å². The number of carboxylic acids is 1. The second-order valence-electron chi connectivity index (χ2n) is 5.17. The molecule has 0 spiro atoms. The first kappa shape index (κ1) is 15.9. The van der Waals surface area contributed by atoms with Crippen LogP contribution in [0.4, 0.5) is 4.39 Å². The zero-order chi connectivity index (χ0) is 16.1. The van der Waals surface area contributed by atoms with E-state index in [1.54, 1.807) is 6.07 Å². The Morgan fingerprint density at radius 1 is 1.36 bits per heavy atom. The van der Waals surface area contributed by atoms with Crippen LogP contribution in [0.25, 0.3) is 0 Å². The van der Waals surface area contributed by atoms with Gasteiger partial charge in [-0.25, -0.2) is 9.18 Å². The Morgan fingerprint density at radius 3 is 2.82 bits per heavy atom. The number of amides is 2. The SMILES string of the molecule is O=C(Cc1cccc(F)c1)NCC(=O)N1CCC[C@H]1C(=O)O. The van der Waals surface area contributed by atoms with Crippen molar-refractivity contribution in [2.24, 2.45) is 0 Å². The van der Waals surface area contributed by atoms with Gasteiger partial charge in [0.15, 0.2) is 0 Å². The molecular formula is C15H17FN2O4. The number of benzene rings is 1. The summed E-state index contributed by atoms with van der Waals surface area (Å²) in [5.41, 5.74) is 0.509. The molecule has 7 heteroatoms. The Morgan fingerprint density at radius 2 is 2.14 bits per heavy atom. The first-order valence-electron chi connectivity index (χ1n) is 7.01. The topological polar surface area (TPSA) is 86.7 Å². The van der Waals surface area contributed by atoms with Crippen molar-refractivity contribution < 1.29 is 23.9 Å². The van der Waals surface area contributed by atoms with E-state index in [0.717, 1.165) is 0 Å². The highest BCUT2D eigenvalue weighted by molar-refractivity contribution is 5.88. The molecule has 6 nitrogen and oxygen atoms in total. The van der Waals surface area contributed by atoms with Gasteiger partial charge in [-0.05, 0) is 30.5 Å². The molecule has 0 unspecified atom stereocenters. The number of halogens is 1. The number of carbonyl (C=O) groups excluding carboxylic acids is 2. The van der Waals surface area contributed by atoms with Gasteiger partial charge in [0.1, 0.15) is 11.9 Å². The Hall–Kier alpha value is -2.44. The van der Waals surface area contributed by atoms with Gasteiger partial charge in [0.25, 0.3) is 0 Å². The van der Waals surface area contributed by atoms with Crippen LogP contribution >= 0.6 is 0 Å². The van der Waals surface area contributed by atoms with Gasteiger partial charge in [-0.3, -0.25) is 9.59 Å². The van der Waals surface area contributed by atoms with Gasteiger partial charge in [-0.2, -0.15) is 0 Å². The molecule has 1 aliphatic heterocycles. The molecule has 1 aromatic rings. The van der Waals surface area contributed by atoms with Crippen molar-refractivity contribution in [3.05, 3.63) is 35.6 Å². The predicted molar refractivity (Wildman–Crippen MR) is 75.5 cm³/mol. The van der Waals surface area contributed by atoms with Crippen LogP contribution in [-0.2, 0) is 20.8 Å². The monoisotopic (exact) mass is 308 g/mol. The van der Waals surface area contributed by atoms with Crippen LogP contribution in [0, 0.1) is 5.82 Å². The Kier molecular flexibility index (Phi) is 5.08. The van der Waals surface area contributed by atoms with E-state index < -0.39 is 29.6 Å². The third-order valence-electron chi connectivity index (χ3n) is 3.55. The summed E-state index contributed by atoms with van der Waals surface area (Å²) in [6.45, 7) is 0.132. The number of hydrogen-bond acceptors (Lipinski definition) is 3. The Bertz CT molecular complexity index is 591. The van der Waals surface area contributed by atoms with E-state index in [4.69, 9.17) is 5.11 Å². The van der Waals surface area contributed by atoms with Crippen LogP contribution in [0.2, 0.25) is 0 Å². The van der Waals surface area contributed by atoms with Crippen molar-refractivity contribution in [1.82, 2.24) is 10.2 Å². The lowest BCUT2D eigenvalue weighted by Crippen LogP contribution is -2.45. The highest BCUT2D eigenvalue weighted by Gasteiger charge is 2.33. The molecule has 0 aromatic heterocycles. The van der Waals surface area contributed by atoms with Gasteiger partial charge in [0.05, 0.1) is 13.0 Å². The minimum absolute atomic E-state index is 0.0343. The van der Waals surface area contributed by atoms with Gasteiger partial charge < -0.3 is 15.3 Å². The zero-order valence-corrected chi connectivity index (χ0v) is 11.9. The third kappa shape index (κ3) is 4.03. The maximum absolute atomic E-state index is 13.0. The maximum Gasteiger partial charge on any atom is 0.326 e. The normalized spacial score (nSPS) is 17.3. The van der Waals surface area contributed by atoms with Crippen molar-refractivity contribution in [3.8, 4) is 0 Å². The number of nitrogens with zero attached hydrogens (tertiary/aromatic N) is 1. The Labute approximate surface area is 126 Å². The lowest BCUT2D eigenvalue weighted by molar-refractivity contribution is -0.148. The molecular weight excluding hydrogens is 291 g/mol. The maximum atomic E-state index is 13.0. The number of aliphatic carboxylic acids is 1. The average molecular weight is 308 g/mol. The molecule has 1 heterocycles. The van der Waals surface area contributed by atoms with Gasteiger partial charge in [0.2, 0.25) is 11.8 Å². The number of rotatable bonds is 5. The molecule has 118 valence electrons. The molecule has 2 rings (SSSR count). The van der Waals surface area contributed by atoms with E-state index in [2.05, 4.69) is 5.32 Å². The molecule has 1 aliphatic rings. The molecule has 0 bridgehead atoms. The molecule has 0 radical (unpaired) electrons. The molecule has 22 heavy (non-hydrogen) atoms. The molecule has 0 aliphatic carbocycles. The second kappa shape index (κ2) is 7.02. The van der Waals surface area contributed by atoms with Crippen molar-refractivity contribution in [2.45, 2.75) is 25.3 Å². The van der Waals surface area contributed by atoms with Gasteiger partial charge in [-0.1, -0.05) is 12.1 Å². The molecule has 1 aromatic carbocycles. The quantitative estimate of drug-likeness (QED) is 0.832. The van der Waals surface area contributed by atoms with Gasteiger partial charge in [0, 0.05) is 6.54 Å². The first-order valence-corrected chi connectivity index (χ1v) is 7.01. The number of carbonyl (C=O) groups is 3. The lowest BCUT2D eigenvalue weighted by Gasteiger charge is -2.21. The standard InChI is InChI=1S/C15H17FN2O4/c16-11-4-1-3-10(7-11)8-13(19)17-9-14(20)18-6-2-5-12(18)15(21)22/h1,3-4,7,12H,2,5-6,8-9H2,(H,17,19)(H,21,22)/t12-/m0/s1. The van der Waals surface area contributed by atoms with Crippen LogP contribution in [0.1, 0.15) is 18.4 Å². The predicted octanol–water partition coefficient (Wildman–Crippen LogP) is 0.560. The lowest BCUT2D eigenvalue weighted by atomic mass is 10.1. The summed E-state index contributed by atoms with van der Waals surface area (Å²) in [5, 5.41) is 11.5. The minimum atomic E-state index is -1.03. The summed E-state index contributed by atoms with van der Waals surface area (Å²) < 4.78 is 13.0. The average Bonchev–Trinajstić information content (AvgIpc) is 2.94. The van der Waals surface area contributed by atoms with E-state index in [0.29, 0.717) is 24.9 Å². The second-order valence-corrected chi connectivity index (χ2v) is 5.17. The van der Waals surface area contributed by atoms with E-state index in [-0.39, 0.29) is 13.0 Å². The van der Waals surface area contributed by atoms with Crippen molar-refractivity contribution in [3.63, 3.8) is 0 Å². The smallest absolute Gasteiger partial charge is 0.326 e.